The molecule has 0 saturated carbocycles. The summed E-state index contributed by atoms with van der Waals surface area (Å²) in [6.07, 6.45) is 2.15. The molecule has 0 radical (unpaired) electrons. The summed E-state index contributed by atoms with van der Waals surface area (Å²) in [6.45, 7) is 0. The summed E-state index contributed by atoms with van der Waals surface area (Å²) < 4.78 is 14.5. The molecule has 0 bridgehead atoms. The van der Waals surface area contributed by atoms with E-state index in [1.165, 1.54) is 12.1 Å². The van der Waals surface area contributed by atoms with Gasteiger partial charge in [-0.3, -0.25) is 4.98 Å². The van der Waals surface area contributed by atoms with Gasteiger partial charge in [-0.2, -0.15) is 0 Å². The molecule has 5 heteroatoms. The van der Waals surface area contributed by atoms with Crippen LogP contribution in [0.5, 0.6) is 0 Å². The number of aromatic nitrogens is 1. The quantitative estimate of drug-likeness (QED) is 0.928. The molecule has 0 fully saturated rings. The minimum Gasteiger partial charge on any atom is -0.324 e. The molecule has 2 rings (SSSR count). The van der Waals surface area contributed by atoms with Crippen molar-refractivity contribution in [2.45, 2.75) is 12.5 Å². The third-order valence-corrected chi connectivity index (χ3v) is 3.28. The summed E-state index contributed by atoms with van der Waals surface area (Å²) in [4.78, 5) is 4.21. The van der Waals surface area contributed by atoms with Crippen molar-refractivity contribution in [1.29, 1.82) is 0 Å². The van der Waals surface area contributed by atoms with Crippen molar-refractivity contribution in [2.24, 2.45) is 5.73 Å². The van der Waals surface area contributed by atoms with Gasteiger partial charge in [0.25, 0.3) is 0 Å². The van der Waals surface area contributed by atoms with Crippen LogP contribution in [0.2, 0.25) is 5.02 Å². The number of hydrogen-bond donors (Lipinski definition) is 1. The summed E-state index contributed by atoms with van der Waals surface area (Å²) in [5.74, 6) is -0.344. The second-order valence-electron chi connectivity index (χ2n) is 3.94. The predicted octanol–water partition coefficient (Wildman–Crippen LogP) is 3.88. The van der Waals surface area contributed by atoms with Crippen LogP contribution in [0.4, 0.5) is 4.39 Å². The zero-order valence-electron chi connectivity index (χ0n) is 9.41. The van der Waals surface area contributed by atoms with Crippen molar-refractivity contribution in [2.75, 3.05) is 0 Å². The lowest BCUT2D eigenvalue weighted by molar-refractivity contribution is 0.578. The largest absolute Gasteiger partial charge is 0.324 e. The summed E-state index contributed by atoms with van der Waals surface area (Å²) in [5.41, 5.74) is 7.20. The highest BCUT2D eigenvalue weighted by Crippen LogP contribution is 2.22. The molecule has 0 aliphatic heterocycles. The van der Waals surface area contributed by atoms with E-state index in [1.807, 2.05) is 12.1 Å². The number of nitrogens with two attached hydrogens (primary N) is 1. The Labute approximate surface area is 118 Å². The molecule has 1 atom stereocenters. The lowest BCUT2D eigenvalue weighted by Crippen LogP contribution is -2.15. The van der Waals surface area contributed by atoms with Crippen LogP contribution in [0.25, 0.3) is 0 Å². The van der Waals surface area contributed by atoms with Gasteiger partial charge in [0.15, 0.2) is 0 Å². The van der Waals surface area contributed by atoms with E-state index in [9.17, 15) is 4.39 Å². The van der Waals surface area contributed by atoms with Gasteiger partial charge in [0.2, 0.25) is 0 Å². The highest BCUT2D eigenvalue weighted by molar-refractivity contribution is 9.10. The van der Waals surface area contributed by atoms with E-state index in [0.717, 1.165) is 10.2 Å². The van der Waals surface area contributed by atoms with Gasteiger partial charge in [-0.15, -0.1) is 0 Å². The number of nitrogens with zero attached hydrogens (tertiary/aromatic N) is 1. The normalized spacial score (nSPS) is 12.4. The summed E-state index contributed by atoms with van der Waals surface area (Å²) in [6, 6.07) is 7.66. The standard InChI is InChI=1S/C13H11BrClFN2/c14-8-1-3-10(18-7-8)6-13(17)11-5-9(15)2-4-12(11)16/h1-5,7,13H,6,17H2. The summed E-state index contributed by atoms with van der Waals surface area (Å²) in [5, 5.41) is 0.477. The Morgan fingerprint density at radius 3 is 2.78 bits per heavy atom. The fourth-order valence-electron chi connectivity index (χ4n) is 1.66. The fraction of sp³-hybridized carbons (Fsp3) is 0.154. The molecule has 2 nitrogen and oxygen atoms in total. The average molecular weight is 330 g/mol. The van der Waals surface area contributed by atoms with E-state index in [2.05, 4.69) is 20.9 Å². The number of rotatable bonds is 3. The third-order valence-electron chi connectivity index (χ3n) is 2.58. The molecular weight excluding hydrogens is 319 g/mol. The average Bonchev–Trinajstić information content (AvgIpc) is 2.35. The molecule has 0 amide bonds. The molecule has 1 aromatic heterocycles. The molecule has 18 heavy (non-hydrogen) atoms. The van der Waals surface area contributed by atoms with Crippen molar-refractivity contribution in [3.8, 4) is 0 Å². The maximum absolute atomic E-state index is 13.6. The first-order valence-corrected chi connectivity index (χ1v) is 6.54. The molecule has 2 aromatic rings. The Bertz CT molecular complexity index is 545. The molecular formula is C13H11BrClFN2. The second-order valence-corrected chi connectivity index (χ2v) is 5.30. The Morgan fingerprint density at radius 2 is 2.11 bits per heavy atom. The molecule has 2 N–H and O–H groups in total. The highest BCUT2D eigenvalue weighted by atomic mass is 79.9. The molecule has 0 saturated heterocycles. The third kappa shape index (κ3) is 3.28. The van der Waals surface area contributed by atoms with Gasteiger partial charge >= 0.3 is 0 Å². The van der Waals surface area contributed by atoms with Gasteiger partial charge < -0.3 is 5.73 Å². The molecule has 1 heterocycles. The van der Waals surface area contributed by atoms with Crippen molar-refractivity contribution < 1.29 is 4.39 Å². The minimum atomic E-state index is -0.461. The lowest BCUT2D eigenvalue weighted by atomic mass is 10.0. The first-order valence-electron chi connectivity index (χ1n) is 5.37. The number of halogens is 3. The van der Waals surface area contributed by atoms with Gasteiger partial charge in [0, 0.05) is 39.4 Å². The minimum absolute atomic E-state index is 0.344. The van der Waals surface area contributed by atoms with Crippen LogP contribution in [0.1, 0.15) is 17.3 Å². The number of hydrogen-bond acceptors (Lipinski definition) is 2. The van der Waals surface area contributed by atoms with Crippen LogP contribution in [0, 0.1) is 5.82 Å². The van der Waals surface area contributed by atoms with Crippen molar-refractivity contribution in [1.82, 2.24) is 4.98 Å². The van der Waals surface area contributed by atoms with Gasteiger partial charge in [0.05, 0.1) is 0 Å². The van der Waals surface area contributed by atoms with E-state index >= 15 is 0 Å². The maximum Gasteiger partial charge on any atom is 0.128 e. The smallest absolute Gasteiger partial charge is 0.128 e. The molecule has 0 spiro atoms. The van der Waals surface area contributed by atoms with Crippen molar-refractivity contribution >= 4 is 27.5 Å². The lowest BCUT2D eigenvalue weighted by Gasteiger charge is -2.13. The number of pyridine rings is 1. The first kappa shape index (κ1) is 13.5. The predicted molar refractivity (Wildman–Crippen MR) is 74.0 cm³/mol. The molecule has 94 valence electrons. The Kier molecular flexibility index (Phi) is 4.32. The monoisotopic (exact) mass is 328 g/mol. The SMILES string of the molecule is NC(Cc1ccc(Br)cn1)c1cc(Cl)ccc1F. The van der Waals surface area contributed by atoms with Crippen LogP contribution in [-0.4, -0.2) is 4.98 Å². The van der Waals surface area contributed by atoms with Crippen molar-refractivity contribution in [3.05, 3.63) is 63.1 Å². The van der Waals surface area contributed by atoms with Gasteiger partial charge in [-0.05, 0) is 46.3 Å². The van der Waals surface area contributed by atoms with Crippen LogP contribution < -0.4 is 5.73 Å². The molecule has 1 aromatic carbocycles. The van der Waals surface area contributed by atoms with Gasteiger partial charge in [0.1, 0.15) is 5.82 Å². The van der Waals surface area contributed by atoms with E-state index < -0.39 is 6.04 Å². The van der Waals surface area contributed by atoms with E-state index in [-0.39, 0.29) is 5.82 Å². The maximum atomic E-state index is 13.6. The Hall–Kier alpha value is -0.970. The van der Waals surface area contributed by atoms with E-state index in [0.29, 0.717) is 17.0 Å². The van der Waals surface area contributed by atoms with Crippen LogP contribution in [-0.2, 0) is 6.42 Å². The van der Waals surface area contributed by atoms with Crippen LogP contribution in [0.15, 0.2) is 41.0 Å². The van der Waals surface area contributed by atoms with Crippen LogP contribution >= 0.6 is 27.5 Å². The van der Waals surface area contributed by atoms with E-state index in [1.54, 1.807) is 12.3 Å². The zero-order valence-corrected chi connectivity index (χ0v) is 11.7. The second kappa shape index (κ2) is 5.78. The molecule has 0 aliphatic carbocycles. The van der Waals surface area contributed by atoms with Crippen LogP contribution in [0.3, 0.4) is 0 Å². The Balaban J connectivity index is 2.18. The van der Waals surface area contributed by atoms with Gasteiger partial charge in [-0.1, -0.05) is 11.6 Å². The van der Waals surface area contributed by atoms with Gasteiger partial charge in [-0.25, -0.2) is 4.39 Å². The number of benzene rings is 1. The fourth-order valence-corrected chi connectivity index (χ4v) is 2.08. The van der Waals surface area contributed by atoms with Crippen molar-refractivity contribution in [3.63, 3.8) is 0 Å². The van der Waals surface area contributed by atoms with E-state index in [4.69, 9.17) is 17.3 Å². The Morgan fingerprint density at radius 1 is 1.33 bits per heavy atom. The summed E-state index contributed by atoms with van der Waals surface area (Å²) in [7, 11) is 0. The topological polar surface area (TPSA) is 38.9 Å². The highest BCUT2D eigenvalue weighted by Gasteiger charge is 2.13. The molecule has 0 aliphatic rings. The summed E-state index contributed by atoms with van der Waals surface area (Å²) >= 11 is 9.15. The zero-order chi connectivity index (χ0) is 13.1. The molecule has 1 unspecified atom stereocenters. The first-order chi connectivity index (χ1) is 8.56.